The fourth-order valence-electron chi connectivity index (χ4n) is 1.64. The third-order valence-corrected chi connectivity index (χ3v) is 3.58. The molecular formula is C13H11F3NS. The topological polar surface area (TPSA) is 12.9 Å². The van der Waals surface area contributed by atoms with Gasteiger partial charge >= 0.3 is 6.18 Å². The molecule has 0 saturated carbocycles. The molecule has 1 aromatic carbocycles. The first kappa shape index (κ1) is 13.1. The quantitative estimate of drug-likeness (QED) is 0.788. The summed E-state index contributed by atoms with van der Waals surface area (Å²) < 4.78 is 37.5. The van der Waals surface area contributed by atoms with Crippen molar-refractivity contribution in [3.05, 3.63) is 47.3 Å². The lowest BCUT2D eigenvalue weighted by Gasteiger charge is -2.09. The minimum atomic E-state index is -4.21. The number of thiazole rings is 1. The minimum Gasteiger partial charge on any atom is -0.241 e. The van der Waals surface area contributed by atoms with Gasteiger partial charge in [0, 0.05) is 10.4 Å². The number of aromatic nitrogens is 1. The van der Waals surface area contributed by atoms with E-state index in [0.29, 0.717) is 10.6 Å². The fourth-order valence-corrected chi connectivity index (χ4v) is 2.56. The van der Waals surface area contributed by atoms with Crippen molar-refractivity contribution in [1.82, 2.24) is 4.98 Å². The largest absolute Gasteiger partial charge is 0.393 e. The molecule has 0 bridgehead atoms. The highest BCUT2D eigenvalue weighted by Crippen LogP contribution is 2.32. The van der Waals surface area contributed by atoms with Crippen molar-refractivity contribution in [2.24, 2.45) is 0 Å². The predicted octanol–water partition coefficient (Wildman–Crippen LogP) is 4.41. The highest BCUT2D eigenvalue weighted by Gasteiger charge is 2.29. The molecule has 5 heteroatoms. The molecule has 1 radical (unpaired) electrons. The summed E-state index contributed by atoms with van der Waals surface area (Å²) in [7, 11) is 0. The van der Waals surface area contributed by atoms with Crippen LogP contribution in [0.1, 0.15) is 16.1 Å². The van der Waals surface area contributed by atoms with Gasteiger partial charge in [-0.1, -0.05) is 24.3 Å². The molecule has 0 saturated heterocycles. The van der Waals surface area contributed by atoms with Gasteiger partial charge in [0.25, 0.3) is 0 Å². The van der Waals surface area contributed by atoms with Crippen LogP contribution >= 0.6 is 11.3 Å². The van der Waals surface area contributed by atoms with Gasteiger partial charge in [-0.25, -0.2) is 4.98 Å². The number of nitrogens with zero attached hydrogens (tertiary/aromatic N) is 1. The van der Waals surface area contributed by atoms with Gasteiger partial charge < -0.3 is 0 Å². The molecule has 95 valence electrons. The van der Waals surface area contributed by atoms with E-state index in [0.717, 1.165) is 10.6 Å². The third-order valence-electron chi connectivity index (χ3n) is 2.53. The van der Waals surface area contributed by atoms with E-state index in [9.17, 15) is 13.2 Å². The molecule has 0 spiro atoms. The third kappa shape index (κ3) is 2.90. The van der Waals surface area contributed by atoms with E-state index in [2.05, 4.69) is 11.9 Å². The monoisotopic (exact) mass is 270 g/mol. The van der Waals surface area contributed by atoms with E-state index in [1.54, 1.807) is 25.1 Å². The Morgan fingerprint density at radius 1 is 1.28 bits per heavy atom. The smallest absolute Gasteiger partial charge is 0.241 e. The average molecular weight is 270 g/mol. The first-order chi connectivity index (χ1) is 8.37. The van der Waals surface area contributed by atoms with Gasteiger partial charge in [0.2, 0.25) is 0 Å². The van der Waals surface area contributed by atoms with E-state index in [4.69, 9.17) is 0 Å². The average Bonchev–Trinajstić information content (AvgIpc) is 2.57. The predicted molar refractivity (Wildman–Crippen MR) is 66.5 cm³/mol. The lowest BCUT2D eigenvalue weighted by molar-refractivity contribution is -0.127. The summed E-state index contributed by atoms with van der Waals surface area (Å²) in [5, 5.41) is 0.595. The summed E-state index contributed by atoms with van der Waals surface area (Å²) in [5.41, 5.74) is 1.55. The Balaban J connectivity index is 2.44. The van der Waals surface area contributed by atoms with Crippen molar-refractivity contribution in [3.8, 4) is 10.6 Å². The van der Waals surface area contributed by atoms with Gasteiger partial charge in [0.1, 0.15) is 5.01 Å². The van der Waals surface area contributed by atoms with E-state index < -0.39 is 12.6 Å². The zero-order chi connectivity index (χ0) is 13.3. The van der Waals surface area contributed by atoms with Gasteiger partial charge in [0.15, 0.2) is 0 Å². The summed E-state index contributed by atoms with van der Waals surface area (Å²) in [6.45, 7) is 5.60. The summed E-state index contributed by atoms with van der Waals surface area (Å²) in [6.07, 6.45) is -5.15. The second kappa shape index (κ2) is 4.72. The van der Waals surface area contributed by atoms with E-state index in [1.165, 1.54) is 17.4 Å². The molecule has 0 fully saturated rings. The summed E-state index contributed by atoms with van der Waals surface area (Å²) >= 11 is 1.32. The number of benzene rings is 1. The number of aryl methyl sites for hydroxylation is 1. The molecule has 0 aliphatic carbocycles. The molecule has 0 N–H and O–H groups in total. The van der Waals surface area contributed by atoms with Crippen LogP contribution in [0.2, 0.25) is 0 Å². The maximum atomic E-state index is 12.5. The molecule has 2 rings (SSSR count). The Bertz CT molecular complexity index is 538. The molecule has 1 aromatic heterocycles. The molecule has 0 aliphatic rings. The molecule has 2 aromatic rings. The van der Waals surface area contributed by atoms with E-state index >= 15 is 0 Å². The highest BCUT2D eigenvalue weighted by molar-refractivity contribution is 7.15. The number of hydrogen-bond acceptors (Lipinski definition) is 2. The van der Waals surface area contributed by atoms with Crippen LogP contribution < -0.4 is 0 Å². The van der Waals surface area contributed by atoms with Crippen LogP contribution in [0.3, 0.4) is 0 Å². The minimum absolute atomic E-state index is 0.249. The zero-order valence-corrected chi connectivity index (χ0v) is 10.5. The Hall–Kier alpha value is -1.36. The molecular weight excluding hydrogens is 259 g/mol. The van der Waals surface area contributed by atoms with Crippen LogP contribution in [-0.4, -0.2) is 11.2 Å². The number of alkyl halides is 3. The van der Waals surface area contributed by atoms with Gasteiger partial charge in [-0.15, -0.1) is 11.3 Å². The van der Waals surface area contributed by atoms with Crippen LogP contribution in [0.4, 0.5) is 13.2 Å². The first-order valence-corrected chi connectivity index (χ1v) is 6.13. The van der Waals surface area contributed by atoms with Crippen LogP contribution in [0.5, 0.6) is 0 Å². The first-order valence-electron chi connectivity index (χ1n) is 5.31. The Kier molecular flexibility index (Phi) is 3.43. The SMILES string of the molecule is [CH2]c1sc(-c2ccccc2CC(F)(F)F)nc1C. The lowest BCUT2D eigenvalue weighted by Crippen LogP contribution is -2.12. The Morgan fingerprint density at radius 2 is 1.94 bits per heavy atom. The van der Waals surface area contributed by atoms with Gasteiger partial charge in [-0.3, -0.25) is 0 Å². The van der Waals surface area contributed by atoms with Crippen molar-refractivity contribution >= 4 is 11.3 Å². The van der Waals surface area contributed by atoms with Gasteiger partial charge in [0.05, 0.1) is 12.1 Å². The molecule has 18 heavy (non-hydrogen) atoms. The Morgan fingerprint density at radius 3 is 2.50 bits per heavy atom. The molecule has 1 heterocycles. The van der Waals surface area contributed by atoms with Crippen LogP contribution in [0.25, 0.3) is 10.6 Å². The molecule has 0 amide bonds. The molecule has 1 nitrogen and oxygen atoms in total. The lowest BCUT2D eigenvalue weighted by atomic mass is 10.0. The summed E-state index contributed by atoms with van der Waals surface area (Å²) in [6, 6.07) is 6.48. The van der Waals surface area contributed by atoms with Crippen molar-refractivity contribution in [1.29, 1.82) is 0 Å². The highest BCUT2D eigenvalue weighted by atomic mass is 32.1. The number of halogens is 3. The molecule has 0 aliphatic heterocycles. The van der Waals surface area contributed by atoms with Gasteiger partial charge in [-0.05, 0) is 19.4 Å². The number of hydrogen-bond donors (Lipinski definition) is 0. The summed E-state index contributed by atoms with van der Waals surface area (Å²) in [5.74, 6) is 0. The van der Waals surface area contributed by atoms with Gasteiger partial charge in [-0.2, -0.15) is 13.2 Å². The Labute approximate surface area is 107 Å². The second-order valence-corrected chi connectivity index (χ2v) is 5.06. The fraction of sp³-hybridized carbons (Fsp3) is 0.231. The normalized spacial score (nSPS) is 11.8. The summed E-state index contributed by atoms with van der Waals surface area (Å²) in [4.78, 5) is 5.04. The van der Waals surface area contributed by atoms with Crippen molar-refractivity contribution < 1.29 is 13.2 Å². The standard InChI is InChI=1S/C13H11F3NS/c1-8-9(2)18-12(17-8)11-6-4-3-5-10(11)7-13(14,15)16/h3-6H,2,7H2,1H3. The van der Waals surface area contributed by atoms with E-state index in [-0.39, 0.29) is 5.56 Å². The van der Waals surface area contributed by atoms with Crippen molar-refractivity contribution in [3.63, 3.8) is 0 Å². The number of rotatable bonds is 2. The van der Waals surface area contributed by atoms with Crippen LogP contribution in [0.15, 0.2) is 24.3 Å². The zero-order valence-electron chi connectivity index (χ0n) is 9.71. The maximum absolute atomic E-state index is 12.5. The molecule has 0 unspecified atom stereocenters. The van der Waals surface area contributed by atoms with Crippen molar-refractivity contribution in [2.45, 2.75) is 19.5 Å². The van der Waals surface area contributed by atoms with Crippen molar-refractivity contribution in [2.75, 3.05) is 0 Å². The van der Waals surface area contributed by atoms with Crippen LogP contribution in [0, 0.1) is 13.8 Å². The van der Waals surface area contributed by atoms with Crippen LogP contribution in [-0.2, 0) is 6.42 Å². The maximum Gasteiger partial charge on any atom is 0.393 e. The molecule has 0 atom stereocenters. The van der Waals surface area contributed by atoms with E-state index in [1.807, 2.05) is 0 Å². The second-order valence-electron chi connectivity index (χ2n) is 3.98.